The minimum absolute atomic E-state index is 0.229. The maximum absolute atomic E-state index is 11.3. The zero-order valence-electron chi connectivity index (χ0n) is 28.4. The fourth-order valence-electron chi connectivity index (χ4n) is 3.97. The molecule has 0 atom stereocenters. The molecule has 2 aromatic rings. The molecule has 0 spiro atoms. The molecule has 244 valence electrons. The van der Waals surface area contributed by atoms with Crippen LogP contribution in [0, 0.1) is 0 Å². The number of carbonyl (C=O) groups excluding carboxylic acids is 2. The van der Waals surface area contributed by atoms with Crippen LogP contribution in [0.1, 0.15) is 91.8 Å². The number of rotatable bonds is 4. The lowest BCUT2D eigenvalue weighted by atomic mass is 10.2. The van der Waals surface area contributed by atoms with Crippen molar-refractivity contribution in [2.24, 2.45) is 0 Å². The highest BCUT2D eigenvalue weighted by Crippen LogP contribution is 2.23. The Morgan fingerprint density at radius 3 is 1.25 bits per heavy atom. The van der Waals surface area contributed by atoms with Gasteiger partial charge in [0.1, 0.15) is 11.2 Å². The molecule has 0 unspecified atom stereocenters. The number of hydrogen-bond donors (Lipinski definition) is 2. The number of nitrogen functional groups attached to an aromatic ring is 2. The van der Waals surface area contributed by atoms with Gasteiger partial charge in [0.05, 0.1) is 11.4 Å². The number of hydrogen-bond acceptors (Lipinski definition) is 8. The van der Waals surface area contributed by atoms with E-state index in [1.165, 1.54) is 0 Å². The number of ether oxygens (including phenoxy) is 2. The third-order valence-electron chi connectivity index (χ3n) is 6.23. The van der Waals surface area contributed by atoms with Crippen LogP contribution in [0.15, 0.2) is 36.7 Å². The molecular weight excluding hydrogens is 556 g/mol. The summed E-state index contributed by atoms with van der Waals surface area (Å²) in [4.78, 5) is 34.3. The highest BCUT2D eigenvalue weighted by atomic mass is 16.6. The van der Waals surface area contributed by atoms with Crippen molar-refractivity contribution in [1.29, 1.82) is 0 Å². The summed E-state index contributed by atoms with van der Waals surface area (Å²) in [5.74, 6) is 0. The van der Waals surface area contributed by atoms with E-state index in [0.29, 0.717) is 26.2 Å². The molecule has 4 rings (SSSR count). The number of fused-ring (bicyclic) bond motifs is 2. The van der Waals surface area contributed by atoms with Crippen LogP contribution in [-0.4, -0.2) is 69.3 Å². The molecule has 2 amide bonds. The largest absolute Gasteiger partial charge is 0.444 e. The molecule has 44 heavy (non-hydrogen) atoms. The Balaban J connectivity index is 0.000000294. The molecule has 4 N–H and O–H groups in total. The van der Waals surface area contributed by atoms with Gasteiger partial charge >= 0.3 is 12.2 Å². The van der Waals surface area contributed by atoms with Gasteiger partial charge in [-0.15, -0.1) is 0 Å². The Kier molecular flexibility index (Phi) is 15.4. The van der Waals surface area contributed by atoms with Gasteiger partial charge in [0.15, 0.2) is 0 Å². The Morgan fingerprint density at radius 1 is 0.682 bits per heavy atom. The summed E-state index contributed by atoms with van der Waals surface area (Å²) in [6.07, 6.45) is 13.1. The molecule has 0 aromatic carbocycles. The highest BCUT2D eigenvalue weighted by molar-refractivity contribution is 5.70. The molecule has 10 nitrogen and oxygen atoms in total. The predicted molar refractivity (Wildman–Crippen MR) is 181 cm³/mol. The normalized spacial score (nSPS) is 12.2. The number of amides is 2. The van der Waals surface area contributed by atoms with E-state index in [9.17, 15) is 9.59 Å². The maximum Gasteiger partial charge on any atom is 0.410 e. The van der Waals surface area contributed by atoms with Crippen molar-refractivity contribution in [3.8, 4) is 0 Å². The molecule has 0 bridgehead atoms. The average Bonchev–Trinajstić information content (AvgIpc) is 3.61. The van der Waals surface area contributed by atoms with Gasteiger partial charge in [-0.25, -0.2) is 9.59 Å². The molecule has 0 saturated carbocycles. The summed E-state index contributed by atoms with van der Waals surface area (Å²) in [7, 11) is 0. The number of nitrogens with two attached hydrogens (primary N) is 2. The van der Waals surface area contributed by atoms with Gasteiger partial charge < -0.3 is 30.7 Å². The third-order valence-corrected chi connectivity index (χ3v) is 6.23. The van der Waals surface area contributed by atoms with Gasteiger partial charge in [-0.2, -0.15) is 0 Å². The van der Waals surface area contributed by atoms with Crippen LogP contribution in [0.5, 0.6) is 0 Å². The van der Waals surface area contributed by atoms with Crippen LogP contribution in [0.25, 0.3) is 12.2 Å². The second-order valence-corrected chi connectivity index (χ2v) is 12.0. The fourth-order valence-corrected chi connectivity index (χ4v) is 3.97. The van der Waals surface area contributed by atoms with E-state index in [0.717, 1.165) is 46.7 Å². The SMILES string of the molecule is CCN(CC)C(=O)OC(C)(C)C.CCN(CC)C(=O)OC(C)(C)C.Nc1ccnc2c1C=CC2.Nc1ccnc2c1C=CC2. The number of anilines is 2. The van der Waals surface area contributed by atoms with Crippen LogP contribution < -0.4 is 11.5 Å². The van der Waals surface area contributed by atoms with E-state index in [4.69, 9.17) is 20.9 Å². The maximum atomic E-state index is 11.3. The fraction of sp³-hybridized carbons (Fsp3) is 0.529. The second kappa shape index (κ2) is 17.9. The lowest BCUT2D eigenvalue weighted by Gasteiger charge is -2.25. The minimum atomic E-state index is -0.389. The van der Waals surface area contributed by atoms with Crippen molar-refractivity contribution in [3.63, 3.8) is 0 Å². The first-order chi connectivity index (χ1) is 20.6. The number of aromatic nitrogens is 2. The van der Waals surface area contributed by atoms with E-state index >= 15 is 0 Å². The monoisotopic (exact) mass is 610 g/mol. The molecule has 0 radical (unpaired) electrons. The molecular formula is C34H54N6O4. The molecule has 2 aliphatic rings. The topological polar surface area (TPSA) is 137 Å². The quantitative estimate of drug-likeness (QED) is 0.378. The van der Waals surface area contributed by atoms with Crippen LogP contribution in [-0.2, 0) is 22.3 Å². The van der Waals surface area contributed by atoms with Crippen LogP contribution in [0.4, 0.5) is 21.0 Å². The Labute approximate surface area is 264 Å². The summed E-state index contributed by atoms with van der Waals surface area (Å²) < 4.78 is 10.3. The first kappa shape index (κ1) is 37.9. The van der Waals surface area contributed by atoms with Crippen molar-refractivity contribution in [2.45, 2.75) is 93.3 Å². The number of nitrogens with zero attached hydrogens (tertiary/aromatic N) is 4. The van der Waals surface area contributed by atoms with E-state index in [-0.39, 0.29) is 23.4 Å². The smallest absolute Gasteiger partial charge is 0.410 e. The third kappa shape index (κ3) is 13.5. The van der Waals surface area contributed by atoms with Gasteiger partial charge in [-0.3, -0.25) is 9.97 Å². The summed E-state index contributed by atoms with van der Waals surface area (Å²) in [5, 5.41) is 0. The second-order valence-electron chi connectivity index (χ2n) is 12.0. The minimum Gasteiger partial charge on any atom is -0.444 e. The molecule has 2 aromatic heterocycles. The lowest BCUT2D eigenvalue weighted by Crippen LogP contribution is -2.36. The van der Waals surface area contributed by atoms with Crippen LogP contribution in [0.3, 0.4) is 0 Å². The number of allylic oxidation sites excluding steroid dienone is 2. The zero-order chi connectivity index (χ0) is 33.5. The van der Waals surface area contributed by atoms with Gasteiger partial charge in [-0.1, -0.05) is 24.3 Å². The van der Waals surface area contributed by atoms with Crippen LogP contribution in [0.2, 0.25) is 0 Å². The Hall–Kier alpha value is -4.08. The van der Waals surface area contributed by atoms with Crippen molar-refractivity contribution >= 4 is 35.7 Å². The average molecular weight is 611 g/mol. The van der Waals surface area contributed by atoms with E-state index in [1.807, 2.05) is 93.5 Å². The molecule has 2 aliphatic carbocycles. The van der Waals surface area contributed by atoms with Crippen molar-refractivity contribution in [1.82, 2.24) is 19.8 Å². The standard InChI is InChI=1S/2C9H19NO2.2C8H8N2/c2*1-6-10(7-2)8(11)12-9(3,4)5;2*9-7-4-5-10-8-3-1-2-6(7)8/h2*6-7H2,1-5H3;2*1-2,4-5H,3H2,(H2,9,10). The zero-order valence-corrected chi connectivity index (χ0v) is 28.4. The molecule has 2 heterocycles. The molecule has 10 heteroatoms. The van der Waals surface area contributed by atoms with E-state index in [2.05, 4.69) is 22.1 Å². The molecule has 0 fully saturated rings. The van der Waals surface area contributed by atoms with E-state index in [1.54, 1.807) is 22.2 Å². The van der Waals surface area contributed by atoms with Gasteiger partial charge in [0.25, 0.3) is 0 Å². The highest BCUT2D eigenvalue weighted by Gasteiger charge is 2.20. The first-order valence-electron chi connectivity index (χ1n) is 15.3. The summed E-state index contributed by atoms with van der Waals surface area (Å²) in [6, 6.07) is 3.66. The van der Waals surface area contributed by atoms with Gasteiger partial charge in [-0.05, 0) is 81.4 Å². The predicted octanol–water partition coefficient (Wildman–Crippen LogP) is 6.99. The number of carbonyl (C=O) groups is 2. The Morgan fingerprint density at radius 2 is 1.00 bits per heavy atom. The lowest BCUT2D eigenvalue weighted by molar-refractivity contribution is 0.0259. The molecule has 0 saturated heterocycles. The Bertz CT molecular complexity index is 1160. The van der Waals surface area contributed by atoms with Crippen molar-refractivity contribution < 1.29 is 19.1 Å². The van der Waals surface area contributed by atoms with Gasteiger partial charge in [0.2, 0.25) is 0 Å². The summed E-state index contributed by atoms with van der Waals surface area (Å²) >= 11 is 0. The van der Waals surface area contributed by atoms with E-state index < -0.39 is 0 Å². The number of pyridine rings is 2. The summed E-state index contributed by atoms with van der Waals surface area (Å²) in [5.41, 5.74) is 16.6. The first-order valence-corrected chi connectivity index (χ1v) is 15.3. The van der Waals surface area contributed by atoms with Gasteiger partial charge in [0, 0.05) is 73.9 Å². The van der Waals surface area contributed by atoms with Crippen molar-refractivity contribution in [2.75, 3.05) is 37.6 Å². The van der Waals surface area contributed by atoms with Crippen LogP contribution >= 0.6 is 0 Å². The molecule has 0 aliphatic heterocycles. The van der Waals surface area contributed by atoms with Crippen molar-refractivity contribution in [3.05, 3.63) is 59.2 Å². The summed E-state index contributed by atoms with van der Waals surface area (Å²) in [6.45, 7) is 21.8.